The molecule has 0 aliphatic rings. The van der Waals surface area contributed by atoms with Crippen LogP contribution in [0.5, 0.6) is 0 Å². The molecule has 0 aliphatic carbocycles. The topological polar surface area (TPSA) is 41.9 Å². The third-order valence-electron chi connectivity index (χ3n) is 4.13. The van der Waals surface area contributed by atoms with Gasteiger partial charge in [0, 0.05) is 30.5 Å². The first-order valence-electron chi connectivity index (χ1n) is 7.63. The van der Waals surface area contributed by atoms with Crippen LogP contribution in [0.4, 0.5) is 5.69 Å². The molecule has 2 aromatic rings. The summed E-state index contributed by atoms with van der Waals surface area (Å²) >= 11 is 5.34. The van der Waals surface area contributed by atoms with Gasteiger partial charge in [-0.15, -0.1) is 0 Å². The van der Waals surface area contributed by atoms with Crippen molar-refractivity contribution >= 4 is 23.0 Å². The van der Waals surface area contributed by atoms with E-state index >= 15 is 0 Å². The lowest BCUT2D eigenvalue weighted by Gasteiger charge is -2.12. The summed E-state index contributed by atoms with van der Waals surface area (Å²) in [5, 5.41) is 11.3. The van der Waals surface area contributed by atoms with Gasteiger partial charge in [0.05, 0.1) is 6.20 Å². The first kappa shape index (κ1) is 16.5. The lowest BCUT2D eigenvalue weighted by molar-refractivity contribution is 0.734. The van der Waals surface area contributed by atoms with E-state index in [2.05, 4.69) is 53.8 Å². The Labute approximate surface area is 137 Å². The summed E-state index contributed by atoms with van der Waals surface area (Å²) in [6, 6.07) is 8.46. The summed E-state index contributed by atoms with van der Waals surface area (Å²) in [5.41, 5.74) is 4.66. The molecule has 0 fully saturated rings. The number of rotatable bonds is 5. The number of aryl methyl sites for hydroxylation is 1. The monoisotopic (exact) mass is 316 g/mol. The van der Waals surface area contributed by atoms with Crippen LogP contribution in [0.15, 0.2) is 30.5 Å². The summed E-state index contributed by atoms with van der Waals surface area (Å²) in [6.45, 7) is 7.17. The molecule has 1 heterocycles. The molecule has 0 amide bonds. The van der Waals surface area contributed by atoms with Gasteiger partial charge in [-0.25, -0.2) is 0 Å². The van der Waals surface area contributed by atoms with Gasteiger partial charge >= 0.3 is 0 Å². The zero-order valence-electron chi connectivity index (χ0n) is 13.7. The Kier molecular flexibility index (Phi) is 5.55. The van der Waals surface area contributed by atoms with Crippen LogP contribution in [-0.2, 0) is 13.6 Å². The van der Waals surface area contributed by atoms with Crippen molar-refractivity contribution in [3.63, 3.8) is 0 Å². The molecule has 0 saturated heterocycles. The fraction of sp³-hybridized carbons (Fsp3) is 0.412. The molecule has 1 unspecified atom stereocenters. The van der Waals surface area contributed by atoms with Gasteiger partial charge in [-0.05, 0) is 49.2 Å². The average molecular weight is 316 g/mol. The van der Waals surface area contributed by atoms with Crippen molar-refractivity contribution < 1.29 is 0 Å². The molecule has 0 spiro atoms. The molecule has 5 heteroatoms. The van der Waals surface area contributed by atoms with Gasteiger partial charge in [-0.1, -0.05) is 26.0 Å². The average Bonchev–Trinajstić information content (AvgIpc) is 2.84. The predicted octanol–water partition coefficient (Wildman–Crippen LogP) is 3.73. The number of nitrogens with one attached hydrogen (secondary N) is 2. The van der Waals surface area contributed by atoms with Crippen molar-refractivity contribution in [3.05, 3.63) is 47.3 Å². The number of hydrogen-bond acceptors (Lipinski definition) is 2. The molecule has 22 heavy (non-hydrogen) atoms. The van der Waals surface area contributed by atoms with Crippen LogP contribution in [0.1, 0.15) is 43.0 Å². The Balaban J connectivity index is 1.88. The van der Waals surface area contributed by atoms with Crippen LogP contribution in [0.2, 0.25) is 0 Å². The number of nitrogens with zero attached hydrogens (tertiary/aromatic N) is 2. The van der Waals surface area contributed by atoms with E-state index < -0.39 is 0 Å². The second-order valence-corrected chi connectivity index (χ2v) is 6.03. The molecule has 2 rings (SSSR count). The van der Waals surface area contributed by atoms with E-state index in [4.69, 9.17) is 12.2 Å². The number of aromatic nitrogens is 2. The SMILES string of the molecule is CCC(C)c1ccc(NC(=S)NCc2cnn(C)c2C)cc1. The molecular weight excluding hydrogens is 292 g/mol. The van der Waals surface area contributed by atoms with Gasteiger partial charge in [0.15, 0.2) is 5.11 Å². The quantitative estimate of drug-likeness (QED) is 0.825. The Morgan fingerprint density at radius 3 is 2.55 bits per heavy atom. The van der Waals surface area contributed by atoms with E-state index in [1.807, 2.05) is 24.9 Å². The predicted molar refractivity (Wildman–Crippen MR) is 96.2 cm³/mol. The van der Waals surface area contributed by atoms with Crippen LogP contribution in [0.3, 0.4) is 0 Å². The van der Waals surface area contributed by atoms with Gasteiger partial charge in [0.1, 0.15) is 0 Å². The summed E-state index contributed by atoms with van der Waals surface area (Å²) < 4.78 is 1.86. The molecule has 1 aromatic carbocycles. The highest BCUT2D eigenvalue weighted by Crippen LogP contribution is 2.20. The third kappa shape index (κ3) is 4.07. The summed E-state index contributed by atoms with van der Waals surface area (Å²) in [4.78, 5) is 0. The Morgan fingerprint density at radius 1 is 1.32 bits per heavy atom. The number of thiocarbonyl (C=S) groups is 1. The van der Waals surface area contributed by atoms with Crippen LogP contribution >= 0.6 is 12.2 Å². The summed E-state index contributed by atoms with van der Waals surface area (Å²) in [7, 11) is 1.94. The van der Waals surface area contributed by atoms with Crippen LogP contribution in [0, 0.1) is 6.92 Å². The number of hydrogen-bond donors (Lipinski definition) is 2. The summed E-state index contributed by atoms with van der Waals surface area (Å²) in [6.07, 6.45) is 3.02. The van der Waals surface area contributed by atoms with Crippen molar-refractivity contribution in [2.24, 2.45) is 7.05 Å². The molecule has 0 radical (unpaired) electrons. The molecule has 0 bridgehead atoms. The van der Waals surface area contributed by atoms with E-state index in [1.54, 1.807) is 0 Å². The zero-order chi connectivity index (χ0) is 16.1. The zero-order valence-corrected chi connectivity index (χ0v) is 14.5. The van der Waals surface area contributed by atoms with Crippen LogP contribution in [0.25, 0.3) is 0 Å². The van der Waals surface area contributed by atoms with Crippen LogP contribution < -0.4 is 10.6 Å². The maximum Gasteiger partial charge on any atom is 0.171 e. The van der Waals surface area contributed by atoms with E-state index in [-0.39, 0.29) is 0 Å². The van der Waals surface area contributed by atoms with Crippen molar-refractivity contribution in [3.8, 4) is 0 Å². The lowest BCUT2D eigenvalue weighted by atomic mass is 9.99. The normalized spacial score (nSPS) is 12.0. The molecule has 1 atom stereocenters. The second kappa shape index (κ2) is 7.40. The standard InChI is InChI=1S/C17H24N4S/c1-5-12(2)14-6-8-16(9-7-14)20-17(22)18-10-15-11-19-21(4)13(15)3/h6-9,11-12H,5,10H2,1-4H3,(H2,18,20,22). The highest BCUT2D eigenvalue weighted by atomic mass is 32.1. The highest BCUT2D eigenvalue weighted by Gasteiger charge is 2.05. The Hall–Kier alpha value is -1.88. The molecule has 118 valence electrons. The second-order valence-electron chi connectivity index (χ2n) is 5.62. The van der Waals surface area contributed by atoms with E-state index in [0.29, 0.717) is 17.6 Å². The Bertz CT molecular complexity index is 631. The van der Waals surface area contributed by atoms with Crippen molar-refractivity contribution in [1.82, 2.24) is 15.1 Å². The largest absolute Gasteiger partial charge is 0.358 e. The minimum atomic E-state index is 0.590. The molecular formula is C17H24N4S. The van der Waals surface area contributed by atoms with Gasteiger partial charge in [0.25, 0.3) is 0 Å². The van der Waals surface area contributed by atoms with E-state index in [0.717, 1.165) is 23.4 Å². The molecule has 0 saturated carbocycles. The minimum Gasteiger partial charge on any atom is -0.358 e. The molecule has 4 nitrogen and oxygen atoms in total. The van der Waals surface area contributed by atoms with Crippen LogP contribution in [-0.4, -0.2) is 14.9 Å². The number of benzene rings is 1. The minimum absolute atomic E-state index is 0.590. The molecule has 1 aromatic heterocycles. The van der Waals surface area contributed by atoms with Gasteiger partial charge < -0.3 is 10.6 Å². The van der Waals surface area contributed by atoms with Crippen molar-refractivity contribution in [2.45, 2.75) is 39.7 Å². The van der Waals surface area contributed by atoms with E-state index in [1.165, 1.54) is 5.56 Å². The van der Waals surface area contributed by atoms with Gasteiger partial charge in [-0.3, -0.25) is 4.68 Å². The van der Waals surface area contributed by atoms with Gasteiger partial charge in [0.2, 0.25) is 0 Å². The third-order valence-corrected chi connectivity index (χ3v) is 4.37. The maximum absolute atomic E-state index is 5.34. The molecule has 2 N–H and O–H groups in total. The van der Waals surface area contributed by atoms with Crippen molar-refractivity contribution in [2.75, 3.05) is 5.32 Å². The smallest absolute Gasteiger partial charge is 0.171 e. The summed E-state index contributed by atoms with van der Waals surface area (Å²) in [5.74, 6) is 0.590. The molecule has 0 aliphatic heterocycles. The first-order valence-corrected chi connectivity index (χ1v) is 8.04. The fourth-order valence-electron chi connectivity index (χ4n) is 2.20. The maximum atomic E-state index is 5.34. The highest BCUT2D eigenvalue weighted by molar-refractivity contribution is 7.80. The van der Waals surface area contributed by atoms with E-state index in [9.17, 15) is 0 Å². The Morgan fingerprint density at radius 2 is 2.00 bits per heavy atom. The lowest BCUT2D eigenvalue weighted by Crippen LogP contribution is -2.28. The first-order chi connectivity index (χ1) is 10.5. The fourth-order valence-corrected chi connectivity index (χ4v) is 2.39. The van der Waals surface area contributed by atoms with Gasteiger partial charge in [-0.2, -0.15) is 5.10 Å². The number of anilines is 1. The van der Waals surface area contributed by atoms with Crippen molar-refractivity contribution in [1.29, 1.82) is 0 Å².